The highest BCUT2D eigenvalue weighted by Crippen LogP contribution is 2.28. The molecule has 3 aromatic carbocycles. The Morgan fingerprint density at radius 1 is 0.903 bits per heavy atom. The second-order valence-electron chi connectivity index (χ2n) is 6.63. The fourth-order valence-corrected chi connectivity index (χ4v) is 2.80. The third kappa shape index (κ3) is 5.22. The number of rotatable bonds is 6. The van der Waals surface area contributed by atoms with Crippen molar-refractivity contribution in [2.45, 2.75) is 13.0 Å². The van der Waals surface area contributed by atoms with Gasteiger partial charge in [0.25, 0.3) is 5.91 Å². The van der Waals surface area contributed by atoms with Gasteiger partial charge in [0.2, 0.25) is 0 Å². The Bertz CT molecular complexity index is 1100. The summed E-state index contributed by atoms with van der Waals surface area (Å²) in [7, 11) is 1.27. The van der Waals surface area contributed by atoms with E-state index in [0.29, 0.717) is 11.1 Å². The van der Waals surface area contributed by atoms with Gasteiger partial charge in [0, 0.05) is 6.07 Å². The molecule has 0 aromatic heterocycles. The van der Waals surface area contributed by atoms with E-state index in [1.807, 2.05) is 0 Å². The van der Waals surface area contributed by atoms with E-state index < -0.39 is 35.4 Å². The Kier molecular flexibility index (Phi) is 6.59. The minimum Gasteiger partial charge on any atom is -0.465 e. The third-order valence-corrected chi connectivity index (χ3v) is 4.49. The van der Waals surface area contributed by atoms with Gasteiger partial charge in [-0.3, -0.25) is 4.79 Å². The van der Waals surface area contributed by atoms with E-state index in [9.17, 15) is 22.8 Å². The molecule has 0 aliphatic rings. The Balaban J connectivity index is 1.82. The molecule has 1 N–H and O–H groups in total. The summed E-state index contributed by atoms with van der Waals surface area (Å²) in [4.78, 5) is 24.3. The number of esters is 1. The smallest absolute Gasteiger partial charge is 0.337 e. The van der Waals surface area contributed by atoms with Gasteiger partial charge in [-0.25, -0.2) is 18.0 Å². The van der Waals surface area contributed by atoms with Gasteiger partial charge < -0.3 is 14.8 Å². The first-order chi connectivity index (χ1) is 14.8. The SMILES string of the molecule is COC(=O)c1ccc([C@H](C)NC(=O)c2cc(F)c(F)cc2Oc2ccc(F)cc2)cc1. The molecule has 3 rings (SSSR count). The number of halogens is 3. The molecule has 1 amide bonds. The number of nitrogens with one attached hydrogen (secondary N) is 1. The van der Waals surface area contributed by atoms with Crippen LogP contribution in [0.5, 0.6) is 11.5 Å². The van der Waals surface area contributed by atoms with Gasteiger partial charge >= 0.3 is 5.97 Å². The maximum Gasteiger partial charge on any atom is 0.337 e. The molecular formula is C23H18F3NO4. The summed E-state index contributed by atoms with van der Waals surface area (Å²) >= 11 is 0. The van der Waals surface area contributed by atoms with Gasteiger partial charge in [-0.05, 0) is 55.0 Å². The second kappa shape index (κ2) is 9.34. The summed E-state index contributed by atoms with van der Waals surface area (Å²) in [5.41, 5.74) is 0.784. The fourth-order valence-electron chi connectivity index (χ4n) is 2.80. The van der Waals surface area contributed by atoms with Crippen LogP contribution < -0.4 is 10.1 Å². The zero-order valence-corrected chi connectivity index (χ0v) is 16.6. The van der Waals surface area contributed by atoms with E-state index in [1.165, 1.54) is 19.2 Å². The van der Waals surface area contributed by atoms with Crippen LogP contribution in [0.3, 0.4) is 0 Å². The molecule has 8 heteroatoms. The van der Waals surface area contributed by atoms with Gasteiger partial charge in [0.1, 0.15) is 17.3 Å². The lowest BCUT2D eigenvalue weighted by Crippen LogP contribution is -2.27. The van der Waals surface area contributed by atoms with Gasteiger partial charge in [-0.1, -0.05) is 12.1 Å². The Hall–Kier alpha value is -3.81. The zero-order valence-electron chi connectivity index (χ0n) is 16.6. The molecule has 1 atom stereocenters. The summed E-state index contributed by atoms with van der Waals surface area (Å²) in [5.74, 6) is -4.19. The normalized spacial score (nSPS) is 11.5. The lowest BCUT2D eigenvalue weighted by molar-refractivity contribution is 0.0600. The van der Waals surface area contributed by atoms with E-state index in [1.54, 1.807) is 31.2 Å². The minimum absolute atomic E-state index is 0.146. The predicted molar refractivity (Wildman–Crippen MR) is 106 cm³/mol. The van der Waals surface area contributed by atoms with Crippen LogP contribution in [-0.2, 0) is 4.74 Å². The van der Waals surface area contributed by atoms with E-state index >= 15 is 0 Å². The summed E-state index contributed by atoms with van der Waals surface area (Å²) in [6.45, 7) is 1.69. The molecule has 0 unspecified atom stereocenters. The number of carbonyl (C=O) groups is 2. The number of methoxy groups -OCH3 is 1. The van der Waals surface area contributed by atoms with Crippen molar-refractivity contribution < 1.29 is 32.2 Å². The standard InChI is InChI=1S/C23H18F3NO4/c1-13(14-3-5-15(6-4-14)23(29)30-2)27-22(28)18-11-19(25)20(26)12-21(18)31-17-9-7-16(24)8-10-17/h3-13H,1-2H3,(H,27,28)/t13-/m0/s1. The first-order valence-electron chi connectivity index (χ1n) is 9.20. The predicted octanol–water partition coefficient (Wildman–Crippen LogP) is 5.17. The van der Waals surface area contributed by atoms with E-state index in [4.69, 9.17) is 4.74 Å². The minimum atomic E-state index is -1.22. The van der Waals surface area contributed by atoms with Crippen molar-refractivity contribution in [3.05, 3.63) is 94.8 Å². The van der Waals surface area contributed by atoms with Crippen molar-refractivity contribution in [2.24, 2.45) is 0 Å². The fraction of sp³-hybridized carbons (Fsp3) is 0.130. The second-order valence-corrected chi connectivity index (χ2v) is 6.63. The number of ether oxygens (including phenoxy) is 2. The average molecular weight is 429 g/mol. The number of amides is 1. The zero-order chi connectivity index (χ0) is 22.5. The third-order valence-electron chi connectivity index (χ3n) is 4.49. The van der Waals surface area contributed by atoms with Crippen molar-refractivity contribution in [1.29, 1.82) is 0 Å². The van der Waals surface area contributed by atoms with Crippen LogP contribution >= 0.6 is 0 Å². The molecule has 0 spiro atoms. The molecule has 0 saturated heterocycles. The molecule has 0 radical (unpaired) electrons. The topological polar surface area (TPSA) is 64.6 Å². The highest BCUT2D eigenvalue weighted by molar-refractivity contribution is 5.97. The molecule has 5 nitrogen and oxygen atoms in total. The Morgan fingerprint density at radius 3 is 2.13 bits per heavy atom. The summed E-state index contributed by atoms with van der Waals surface area (Å²) in [5, 5.41) is 2.67. The summed E-state index contributed by atoms with van der Waals surface area (Å²) in [6.07, 6.45) is 0. The summed E-state index contributed by atoms with van der Waals surface area (Å²) in [6, 6.07) is 12.2. The maximum atomic E-state index is 13.8. The quantitative estimate of drug-likeness (QED) is 0.549. The van der Waals surface area contributed by atoms with E-state index in [0.717, 1.165) is 24.3 Å². The molecule has 31 heavy (non-hydrogen) atoms. The van der Waals surface area contributed by atoms with Gasteiger partial charge in [0.15, 0.2) is 11.6 Å². The van der Waals surface area contributed by atoms with Crippen molar-refractivity contribution in [2.75, 3.05) is 7.11 Å². The van der Waals surface area contributed by atoms with Crippen LogP contribution in [0.2, 0.25) is 0 Å². The van der Waals surface area contributed by atoms with Crippen LogP contribution in [0.1, 0.15) is 39.2 Å². The number of hydrogen-bond acceptors (Lipinski definition) is 4. The monoisotopic (exact) mass is 429 g/mol. The van der Waals surface area contributed by atoms with Crippen molar-refractivity contribution >= 4 is 11.9 Å². The first-order valence-corrected chi connectivity index (χ1v) is 9.20. The summed E-state index contributed by atoms with van der Waals surface area (Å²) < 4.78 is 50.8. The lowest BCUT2D eigenvalue weighted by Gasteiger charge is -2.17. The largest absolute Gasteiger partial charge is 0.465 e. The number of benzene rings is 3. The molecule has 0 aliphatic heterocycles. The Morgan fingerprint density at radius 2 is 1.52 bits per heavy atom. The molecule has 0 aliphatic carbocycles. The first kappa shape index (κ1) is 21.9. The van der Waals surface area contributed by atoms with Crippen LogP contribution in [0.4, 0.5) is 13.2 Å². The highest BCUT2D eigenvalue weighted by Gasteiger charge is 2.20. The van der Waals surface area contributed by atoms with E-state index in [2.05, 4.69) is 10.1 Å². The molecule has 0 fully saturated rings. The van der Waals surface area contributed by atoms with Gasteiger partial charge in [0.05, 0.1) is 24.3 Å². The Labute approximate surface area is 176 Å². The number of carbonyl (C=O) groups excluding carboxylic acids is 2. The van der Waals surface area contributed by atoms with Crippen molar-refractivity contribution in [3.8, 4) is 11.5 Å². The molecule has 0 saturated carbocycles. The number of hydrogen-bond donors (Lipinski definition) is 1. The van der Waals surface area contributed by atoms with Crippen LogP contribution in [0, 0.1) is 17.5 Å². The van der Waals surface area contributed by atoms with Gasteiger partial charge in [-0.15, -0.1) is 0 Å². The molecule has 160 valence electrons. The van der Waals surface area contributed by atoms with E-state index in [-0.39, 0.29) is 17.1 Å². The van der Waals surface area contributed by atoms with Crippen molar-refractivity contribution in [3.63, 3.8) is 0 Å². The average Bonchev–Trinajstić information content (AvgIpc) is 2.77. The molecule has 3 aromatic rings. The van der Waals surface area contributed by atoms with Crippen molar-refractivity contribution in [1.82, 2.24) is 5.32 Å². The van der Waals surface area contributed by atoms with Gasteiger partial charge in [-0.2, -0.15) is 0 Å². The maximum absolute atomic E-state index is 13.8. The highest BCUT2D eigenvalue weighted by atomic mass is 19.2. The van der Waals surface area contributed by atoms with Crippen LogP contribution in [-0.4, -0.2) is 19.0 Å². The lowest BCUT2D eigenvalue weighted by atomic mass is 10.1. The van der Waals surface area contributed by atoms with Crippen LogP contribution in [0.25, 0.3) is 0 Å². The molecule has 0 heterocycles. The van der Waals surface area contributed by atoms with Crippen LogP contribution in [0.15, 0.2) is 60.7 Å². The molecule has 0 bridgehead atoms. The molecular weight excluding hydrogens is 411 g/mol.